The average Bonchev–Trinajstić information content (AvgIpc) is 2.15. The van der Waals surface area contributed by atoms with E-state index in [9.17, 15) is 0 Å². The van der Waals surface area contributed by atoms with Crippen molar-refractivity contribution in [3.05, 3.63) is 16.1 Å². The Bertz CT molecular complexity index is 232. The van der Waals surface area contributed by atoms with E-state index in [2.05, 4.69) is 13.9 Å². The molecule has 40 valence electrons. The third-order valence-electron chi connectivity index (χ3n) is 0.997. The Morgan fingerprint density at radius 1 is 1.38 bits per heavy atom. The third kappa shape index (κ3) is 0.636. The molecule has 3 heteroatoms. The molecule has 0 saturated heterocycles. The molecule has 0 fully saturated rings. The Morgan fingerprint density at radius 3 is 3.25 bits per heavy atom. The summed E-state index contributed by atoms with van der Waals surface area (Å²) in [6, 6.07) is 0. The summed E-state index contributed by atoms with van der Waals surface area (Å²) in [5.74, 6) is 0. The van der Waals surface area contributed by atoms with E-state index in [0.717, 1.165) is 0 Å². The van der Waals surface area contributed by atoms with Crippen LogP contribution in [0, 0.1) is 0 Å². The van der Waals surface area contributed by atoms with Crippen LogP contribution >= 0.6 is 0 Å². The molecule has 0 atom stereocenters. The summed E-state index contributed by atoms with van der Waals surface area (Å²) in [5, 5.41) is 1.41. The van der Waals surface area contributed by atoms with Crippen LogP contribution in [-0.4, -0.2) is 33.2 Å². The summed E-state index contributed by atoms with van der Waals surface area (Å²) in [6.07, 6.45) is 2.00. The predicted octanol–water partition coefficient (Wildman–Crippen LogP) is 0.349. The monoisotopic (exact) mass is 237 g/mol. The van der Waals surface area contributed by atoms with Gasteiger partial charge in [-0.05, 0) is 0 Å². The first-order valence-electron chi connectivity index (χ1n) is 2.23. The van der Waals surface area contributed by atoms with Crippen molar-refractivity contribution >= 4 is 38.9 Å². The second-order valence-corrected chi connectivity index (χ2v) is 4.83. The van der Waals surface area contributed by atoms with Crippen molar-refractivity contribution in [1.82, 2.24) is 3.98 Å². The maximum atomic E-state index is 4.18. The summed E-state index contributed by atoms with van der Waals surface area (Å²) in [7, 11) is 0. The van der Waals surface area contributed by atoms with Gasteiger partial charge in [-0.2, -0.15) is 0 Å². The van der Waals surface area contributed by atoms with E-state index in [1.54, 1.807) is 0 Å². The number of hydrogen-bond donors (Lipinski definition) is 0. The van der Waals surface area contributed by atoms with Crippen molar-refractivity contribution in [3.63, 3.8) is 0 Å². The summed E-state index contributed by atoms with van der Waals surface area (Å²) >= 11 is 1.11. The number of nitrogens with zero attached hydrogens (tertiary/aromatic N) is 1. The zero-order valence-corrected chi connectivity index (χ0v) is 7.42. The molecule has 2 aromatic heterocycles. The fourth-order valence-electron chi connectivity index (χ4n) is 0.603. The number of rotatable bonds is 0. The van der Waals surface area contributed by atoms with Gasteiger partial charge in [0.15, 0.2) is 0 Å². The van der Waals surface area contributed by atoms with Crippen LogP contribution in [-0.2, 0) is 0 Å². The number of hydrogen-bond acceptors (Lipinski definition) is 1. The summed E-state index contributed by atoms with van der Waals surface area (Å²) < 4.78 is 5.69. The molecule has 8 heavy (non-hydrogen) atoms. The van der Waals surface area contributed by atoms with Crippen molar-refractivity contribution < 1.29 is 0 Å². The van der Waals surface area contributed by atoms with Gasteiger partial charge in [-0.15, -0.1) is 0 Å². The zero-order chi connectivity index (χ0) is 5.40. The topological polar surface area (TPSA) is 12.9 Å². The van der Waals surface area contributed by atoms with Gasteiger partial charge >= 0.3 is 58.9 Å². The summed E-state index contributed by atoms with van der Waals surface area (Å²) in [4.78, 5) is 4.62. The molecular weight excluding hydrogens is 232 g/mol. The molecule has 2 aromatic rings. The van der Waals surface area contributed by atoms with Crippen molar-refractivity contribution in [2.75, 3.05) is 0 Å². The molecule has 0 N–H and O–H groups in total. The molecule has 0 radical (unpaired) electrons. The van der Waals surface area contributed by atoms with Gasteiger partial charge in [-0.1, -0.05) is 0 Å². The van der Waals surface area contributed by atoms with E-state index in [1.807, 2.05) is 6.20 Å². The Labute approximate surface area is 59.1 Å². The summed E-state index contributed by atoms with van der Waals surface area (Å²) in [6.45, 7) is 0. The molecule has 0 spiro atoms. The van der Waals surface area contributed by atoms with Crippen molar-refractivity contribution in [2.24, 2.45) is 0 Å². The van der Waals surface area contributed by atoms with E-state index in [4.69, 9.17) is 0 Å². The molecule has 0 aliphatic rings. The van der Waals surface area contributed by atoms with Gasteiger partial charge in [0.2, 0.25) is 0 Å². The third-order valence-corrected chi connectivity index (χ3v) is 4.95. The summed E-state index contributed by atoms with van der Waals surface area (Å²) in [5.41, 5.74) is 0. The van der Waals surface area contributed by atoms with Crippen LogP contribution in [0.3, 0.4) is 0 Å². The average molecular weight is 235 g/mol. The number of fused-ring (bicyclic) bond motifs is 1. The molecule has 0 unspecified atom stereocenters. The molecule has 2 heterocycles. The van der Waals surface area contributed by atoms with Crippen LogP contribution in [0.2, 0.25) is 0 Å². The molecule has 0 amide bonds. The second-order valence-electron chi connectivity index (χ2n) is 1.52. The Morgan fingerprint density at radius 2 is 2.38 bits per heavy atom. The van der Waals surface area contributed by atoms with Gasteiger partial charge < -0.3 is 0 Å². The molecule has 0 aliphatic heterocycles. The Kier molecular flexibility index (Phi) is 1.16. The van der Waals surface area contributed by atoms with Crippen molar-refractivity contribution in [3.8, 4) is 0 Å². The van der Waals surface area contributed by atoms with E-state index in [0.29, 0.717) is 29.2 Å². The van der Waals surface area contributed by atoms with Gasteiger partial charge in [-0.3, -0.25) is 0 Å². The minimum absolute atomic E-state index is 0.448. The normalized spacial score (nSPS) is 10.5. The van der Waals surface area contributed by atoms with Crippen LogP contribution < -0.4 is 0 Å². The Balaban J connectivity index is 3.06. The SMILES string of the molecule is c1n[se]c2c[se]cc12. The fraction of sp³-hybridized carbons (Fsp3) is 0. The fourth-order valence-corrected chi connectivity index (χ4v) is 4.58. The van der Waals surface area contributed by atoms with E-state index >= 15 is 0 Å². The van der Waals surface area contributed by atoms with Gasteiger partial charge in [-0.25, -0.2) is 0 Å². The van der Waals surface area contributed by atoms with Gasteiger partial charge in [0.05, 0.1) is 0 Å². The van der Waals surface area contributed by atoms with E-state index in [1.165, 1.54) is 9.65 Å². The zero-order valence-electron chi connectivity index (χ0n) is 4.00. The van der Waals surface area contributed by atoms with Crippen LogP contribution in [0.25, 0.3) is 9.65 Å². The van der Waals surface area contributed by atoms with Gasteiger partial charge in [0.1, 0.15) is 0 Å². The molecule has 0 aliphatic carbocycles. The van der Waals surface area contributed by atoms with Crippen LogP contribution in [0.4, 0.5) is 0 Å². The van der Waals surface area contributed by atoms with Crippen LogP contribution in [0.1, 0.15) is 0 Å². The van der Waals surface area contributed by atoms with E-state index in [-0.39, 0.29) is 0 Å². The molecule has 0 saturated carbocycles. The standard InChI is InChI=1S/C5H3NSe2/c1-4-2-7-3-5(4)8-6-1/h1-3H. The minimum atomic E-state index is 0.448. The van der Waals surface area contributed by atoms with Crippen molar-refractivity contribution in [1.29, 1.82) is 0 Å². The first-order valence-corrected chi connectivity index (χ1v) is 5.83. The number of aromatic nitrogens is 1. The molecule has 1 nitrogen and oxygen atoms in total. The van der Waals surface area contributed by atoms with Gasteiger partial charge in [0.25, 0.3) is 0 Å². The Hall–Kier alpha value is 0.189. The molecule has 2 rings (SSSR count). The van der Waals surface area contributed by atoms with Gasteiger partial charge in [0, 0.05) is 0 Å². The first-order chi connectivity index (χ1) is 3.97. The predicted molar refractivity (Wildman–Crippen MR) is 35.6 cm³/mol. The molecule has 0 aromatic carbocycles. The van der Waals surface area contributed by atoms with Crippen molar-refractivity contribution in [2.45, 2.75) is 0 Å². The van der Waals surface area contributed by atoms with E-state index < -0.39 is 0 Å². The quantitative estimate of drug-likeness (QED) is 0.600. The maximum absolute atomic E-state index is 4.18. The molecule has 0 bridgehead atoms. The first kappa shape index (κ1) is 5.01. The second kappa shape index (κ2) is 1.85. The van der Waals surface area contributed by atoms with Crippen LogP contribution in [0.5, 0.6) is 0 Å². The van der Waals surface area contributed by atoms with Crippen LogP contribution in [0.15, 0.2) is 16.1 Å². The molecular formula is C5H3NSe2.